The predicted molar refractivity (Wildman–Crippen MR) is 91.1 cm³/mol. The van der Waals surface area contributed by atoms with Crippen LogP contribution in [0.3, 0.4) is 0 Å². The van der Waals surface area contributed by atoms with Gasteiger partial charge in [0, 0.05) is 19.7 Å². The Labute approximate surface area is 144 Å². The fourth-order valence-electron chi connectivity index (χ4n) is 2.93. The number of benzene rings is 1. The Bertz CT molecular complexity index is 942. The van der Waals surface area contributed by atoms with Crippen LogP contribution in [-0.2, 0) is 24.7 Å². The smallest absolute Gasteiger partial charge is 0.423 e. The number of carbonyl (C=O) groups excluding carboxylic acids is 1. The van der Waals surface area contributed by atoms with Gasteiger partial charge in [-0.25, -0.2) is 0 Å². The van der Waals surface area contributed by atoms with Crippen molar-refractivity contribution in [3.05, 3.63) is 59.5 Å². The molecule has 0 radical (unpaired) electrons. The third-order valence-corrected chi connectivity index (χ3v) is 4.26. The Balaban J connectivity index is 1.58. The van der Waals surface area contributed by atoms with Crippen LogP contribution in [0.5, 0.6) is 0 Å². The van der Waals surface area contributed by atoms with E-state index in [1.807, 2.05) is 30.3 Å². The van der Waals surface area contributed by atoms with Crippen molar-refractivity contribution in [1.29, 1.82) is 0 Å². The number of rotatable bonds is 4. The van der Waals surface area contributed by atoms with E-state index in [2.05, 4.69) is 15.2 Å². The first-order valence-electron chi connectivity index (χ1n) is 7.89. The van der Waals surface area contributed by atoms with Crippen LogP contribution in [-0.4, -0.2) is 37.7 Å². The van der Waals surface area contributed by atoms with Crippen LogP contribution < -0.4 is 5.46 Å². The maximum absolute atomic E-state index is 12.6. The Morgan fingerprint density at radius 1 is 1.32 bits per heavy atom. The summed E-state index contributed by atoms with van der Waals surface area (Å²) in [6.07, 6.45) is 1.84. The topological polar surface area (TPSA) is 90.1 Å². The zero-order valence-corrected chi connectivity index (χ0v) is 13.6. The van der Waals surface area contributed by atoms with Crippen molar-refractivity contribution < 1.29 is 14.5 Å². The fraction of sp³-hybridized carbons (Fsp3) is 0.176. The number of hydrogen-bond donors (Lipinski definition) is 1. The number of hydrogen-bond acceptors (Lipinski definition) is 6. The molecule has 0 spiro atoms. The predicted octanol–water partition coefficient (Wildman–Crippen LogP) is 0.520. The standard InChI is InChI=1S/C17H15BN4O3/c1-22-16(14-4-2-3-7-19-14)20-21-17(22)15(23)9-11-5-6-12-10-25-18(24)13(12)8-11/h2-8,24H,9-10H2,1H3. The van der Waals surface area contributed by atoms with E-state index in [1.54, 1.807) is 23.9 Å². The number of Topliss-reactive ketones (excluding diaryl/α,β-unsaturated/α-hetero) is 1. The molecule has 4 rings (SSSR count). The van der Waals surface area contributed by atoms with Gasteiger partial charge in [-0.05, 0) is 28.7 Å². The molecule has 0 atom stereocenters. The number of pyridine rings is 1. The SMILES string of the molecule is Cn1c(C(=O)Cc2ccc3c(c2)B(O)OC3)nnc1-c1ccccn1. The first kappa shape index (κ1) is 15.7. The molecule has 7 nitrogen and oxygen atoms in total. The van der Waals surface area contributed by atoms with Gasteiger partial charge in [-0.3, -0.25) is 9.78 Å². The first-order chi connectivity index (χ1) is 12.1. The molecule has 1 aliphatic heterocycles. The summed E-state index contributed by atoms with van der Waals surface area (Å²) in [7, 11) is 0.827. The molecule has 1 N–H and O–H groups in total. The van der Waals surface area contributed by atoms with Crippen molar-refractivity contribution in [2.45, 2.75) is 13.0 Å². The summed E-state index contributed by atoms with van der Waals surface area (Å²) in [6, 6.07) is 11.0. The van der Waals surface area contributed by atoms with Crippen LogP contribution in [0.15, 0.2) is 42.6 Å². The fourth-order valence-corrected chi connectivity index (χ4v) is 2.93. The van der Waals surface area contributed by atoms with E-state index in [-0.39, 0.29) is 18.0 Å². The highest BCUT2D eigenvalue weighted by molar-refractivity contribution is 6.61. The highest BCUT2D eigenvalue weighted by atomic mass is 16.5. The normalized spacial score (nSPS) is 13.1. The van der Waals surface area contributed by atoms with Gasteiger partial charge < -0.3 is 14.2 Å². The second-order valence-electron chi connectivity index (χ2n) is 5.92. The average Bonchev–Trinajstić information content (AvgIpc) is 3.19. The number of ketones is 1. The largest absolute Gasteiger partial charge is 0.491 e. The molecule has 1 aromatic carbocycles. The van der Waals surface area contributed by atoms with Crippen LogP contribution >= 0.6 is 0 Å². The number of carbonyl (C=O) groups is 1. The van der Waals surface area contributed by atoms with Gasteiger partial charge in [0.25, 0.3) is 0 Å². The molecule has 0 bridgehead atoms. The molecule has 0 saturated carbocycles. The summed E-state index contributed by atoms with van der Waals surface area (Å²) in [5.74, 6) is 0.671. The van der Waals surface area contributed by atoms with Crippen LogP contribution in [0.25, 0.3) is 11.5 Å². The van der Waals surface area contributed by atoms with Crippen molar-refractivity contribution in [3.63, 3.8) is 0 Å². The molecule has 0 fully saturated rings. The van der Waals surface area contributed by atoms with E-state index >= 15 is 0 Å². The van der Waals surface area contributed by atoms with Crippen LogP contribution in [0, 0.1) is 0 Å². The minimum Gasteiger partial charge on any atom is -0.423 e. The van der Waals surface area contributed by atoms with Gasteiger partial charge in [-0.15, -0.1) is 10.2 Å². The molecule has 1 aliphatic rings. The van der Waals surface area contributed by atoms with Crippen LogP contribution in [0.2, 0.25) is 0 Å². The van der Waals surface area contributed by atoms with Gasteiger partial charge in [0.2, 0.25) is 11.6 Å². The van der Waals surface area contributed by atoms with E-state index < -0.39 is 7.12 Å². The molecule has 3 heterocycles. The van der Waals surface area contributed by atoms with Gasteiger partial charge in [-0.1, -0.05) is 24.3 Å². The Morgan fingerprint density at radius 3 is 3.00 bits per heavy atom. The van der Waals surface area contributed by atoms with Gasteiger partial charge in [0.05, 0.1) is 6.61 Å². The second kappa shape index (κ2) is 6.23. The molecule has 2 aromatic heterocycles. The van der Waals surface area contributed by atoms with E-state index in [0.29, 0.717) is 18.1 Å². The van der Waals surface area contributed by atoms with E-state index in [1.165, 1.54) is 0 Å². The lowest BCUT2D eigenvalue weighted by atomic mass is 9.78. The number of fused-ring (bicyclic) bond motifs is 1. The molecule has 0 amide bonds. The highest BCUT2D eigenvalue weighted by Gasteiger charge is 2.27. The Kier molecular flexibility index (Phi) is 3.91. The van der Waals surface area contributed by atoms with E-state index in [9.17, 15) is 9.82 Å². The molecular weight excluding hydrogens is 319 g/mol. The second-order valence-corrected chi connectivity index (χ2v) is 5.92. The number of nitrogens with zero attached hydrogens (tertiary/aromatic N) is 4. The summed E-state index contributed by atoms with van der Waals surface area (Å²) in [4.78, 5) is 16.9. The maximum atomic E-state index is 12.6. The highest BCUT2D eigenvalue weighted by Crippen LogP contribution is 2.16. The molecule has 0 aliphatic carbocycles. The molecule has 8 heteroatoms. The zero-order chi connectivity index (χ0) is 17.4. The molecule has 124 valence electrons. The molecule has 0 saturated heterocycles. The summed E-state index contributed by atoms with van der Waals surface area (Å²) < 4.78 is 6.83. The van der Waals surface area contributed by atoms with Crippen molar-refractivity contribution in [1.82, 2.24) is 19.7 Å². The quantitative estimate of drug-likeness (QED) is 0.553. The van der Waals surface area contributed by atoms with Gasteiger partial charge in [-0.2, -0.15) is 0 Å². The van der Waals surface area contributed by atoms with Crippen LogP contribution in [0.4, 0.5) is 0 Å². The van der Waals surface area contributed by atoms with Crippen molar-refractivity contribution in [2.24, 2.45) is 7.05 Å². The minimum atomic E-state index is -0.921. The van der Waals surface area contributed by atoms with Gasteiger partial charge in [0.15, 0.2) is 5.82 Å². The summed E-state index contributed by atoms with van der Waals surface area (Å²) >= 11 is 0. The average molecular weight is 334 g/mol. The minimum absolute atomic E-state index is 0.148. The van der Waals surface area contributed by atoms with Crippen LogP contribution in [0.1, 0.15) is 21.7 Å². The number of aromatic nitrogens is 4. The Hall–Kier alpha value is -2.84. The van der Waals surface area contributed by atoms with Crippen molar-refractivity contribution in [2.75, 3.05) is 0 Å². The molecular formula is C17H15BN4O3. The first-order valence-corrected chi connectivity index (χ1v) is 7.89. The third-order valence-electron chi connectivity index (χ3n) is 4.26. The molecule has 3 aromatic rings. The van der Waals surface area contributed by atoms with E-state index in [4.69, 9.17) is 4.65 Å². The zero-order valence-electron chi connectivity index (χ0n) is 13.6. The summed E-state index contributed by atoms with van der Waals surface area (Å²) in [6.45, 7) is 0.390. The summed E-state index contributed by atoms with van der Waals surface area (Å²) in [5, 5.41) is 17.9. The lowest BCUT2D eigenvalue weighted by Gasteiger charge is -2.05. The maximum Gasteiger partial charge on any atom is 0.491 e. The lowest BCUT2D eigenvalue weighted by Crippen LogP contribution is -2.28. The lowest BCUT2D eigenvalue weighted by molar-refractivity contribution is 0.0980. The third kappa shape index (κ3) is 2.86. The van der Waals surface area contributed by atoms with Gasteiger partial charge >= 0.3 is 7.12 Å². The van der Waals surface area contributed by atoms with Gasteiger partial charge in [0.1, 0.15) is 5.69 Å². The van der Waals surface area contributed by atoms with Crippen molar-refractivity contribution >= 4 is 18.4 Å². The summed E-state index contributed by atoms with van der Waals surface area (Å²) in [5.41, 5.74) is 3.13. The molecule has 25 heavy (non-hydrogen) atoms. The Morgan fingerprint density at radius 2 is 2.20 bits per heavy atom. The van der Waals surface area contributed by atoms with Crippen molar-refractivity contribution in [3.8, 4) is 11.5 Å². The van der Waals surface area contributed by atoms with E-state index in [0.717, 1.165) is 16.6 Å². The monoisotopic (exact) mass is 334 g/mol. The molecule has 0 unspecified atom stereocenters.